The first-order chi connectivity index (χ1) is 12.1. The van der Waals surface area contributed by atoms with E-state index in [0.717, 1.165) is 5.69 Å². The molecule has 1 saturated heterocycles. The Morgan fingerprint density at radius 3 is 2.08 bits per heavy atom. The maximum absolute atomic E-state index is 12.1. The molecule has 8 nitrogen and oxygen atoms in total. The summed E-state index contributed by atoms with van der Waals surface area (Å²) in [5.74, 6) is -0.972. The Hall–Kier alpha value is -2.32. The van der Waals surface area contributed by atoms with Crippen LogP contribution in [-0.2, 0) is 9.53 Å². The van der Waals surface area contributed by atoms with Crippen molar-refractivity contribution in [3.63, 3.8) is 0 Å². The first-order valence-corrected chi connectivity index (χ1v) is 8.57. The molecular formula is C18H27N3O5. The summed E-state index contributed by atoms with van der Waals surface area (Å²) in [6.45, 7) is 7.94. The number of rotatable bonds is 4. The molecule has 0 spiro atoms. The molecule has 4 N–H and O–H groups in total. The van der Waals surface area contributed by atoms with Gasteiger partial charge in [-0.05, 0) is 38.5 Å². The number of aliphatic hydroxyl groups excluding tert-OH is 2. The van der Waals surface area contributed by atoms with Crippen LogP contribution < -0.4 is 10.6 Å². The first-order valence-electron chi connectivity index (χ1n) is 8.57. The third kappa shape index (κ3) is 5.09. The number of primary amides is 1. The van der Waals surface area contributed by atoms with Gasteiger partial charge in [0, 0.05) is 31.9 Å². The second-order valence-electron chi connectivity index (χ2n) is 7.34. The molecule has 1 heterocycles. The zero-order valence-corrected chi connectivity index (χ0v) is 15.4. The van der Waals surface area contributed by atoms with Crippen LogP contribution in [0.1, 0.15) is 32.4 Å². The molecule has 1 aromatic carbocycles. The predicted molar refractivity (Wildman–Crippen MR) is 96.6 cm³/mol. The molecule has 1 fully saturated rings. The molecular weight excluding hydrogens is 338 g/mol. The minimum Gasteiger partial charge on any atom is -0.444 e. The van der Waals surface area contributed by atoms with Crippen molar-refractivity contribution < 1.29 is 24.5 Å². The smallest absolute Gasteiger partial charge is 0.410 e. The lowest BCUT2D eigenvalue weighted by Gasteiger charge is -2.36. The summed E-state index contributed by atoms with van der Waals surface area (Å²) >= 11 is 0. The number of amides is 2. The van der Waals surface area contributed by atoms with Crippen LogP contribution in [0.4, 0.5) is 10.5 Å². The summed E-state index contributed by atoms with van der Waals surface area (Å²) in [5.41, 5.74) is 5.82. The summed E-state index contributed by atoms with van der Waals surface area (Å²) in [6.07, 6.45) is -3.31. The number of aliphatic hydroxyl groups is 2. The minimum atomic E-state index is -1.64. The highest BCUT2D eigenvalue weighted by Crippen LogP contribution is 2.23. The molecule has 0 aliphatic carbocycles. The number of piperazine rings is 1. The molecule has 0 saturated carbocycles. The van der Waals surface area contributed by atoms with E-state index in [9.17, 15) is 19.8 Å². The number of hydrogen-bond donors (Lipinski definition) is 3. The van der Waals surface area contributed by atoms with Gasteiger partial charge in [0.2, 0.25) is 5.91 Å². The molecule has 2 unspecified atom stereocenters. The quantitative estimate of drug-likeness (QED) is 0.720. The van der Waals surface area contributed by atoms with Crippen LogP contribution in [0.2, 0.25) is 0 Å². The molecule has 0 aromatic heterocycles. The Bertz CT molecular complexity index is 633. The van der Waals surface area contributed by atoms with Gasteiger partial charge < -0.3 is 30.5 Å². The maximum Gasteiger partial charge on any atom is 0.410 e. The fourth-order valence-corrected chi connectivity index (χ4v) is 2.69. The normalized spacial score (nSPS) is 17.6. The van der Waals surface area contributed by atoms with Gasteiger partial charge in [0.25, 0.3) is 0 Å². The van der Waals surface area contributed by atoms with E-state index in [0.29, 0.717) is 31.7 Å². The lowest BCUT2D eigenvalue weighted by molar-refractivity contribution is -0.131. The molecule has 1 aliphatic heterocycles. The fraction of sp³-hybridized carbons (Fsp3) is 0.556. The minimum absolute atomic E-state index is 0.309. The van der Waals surface area contributed by atoms with Crippen molar-refractivity contribution in [3.05, 3.63) is 29.8 Å². The van der Waals surface area contributed by atoms with E-state index in [1.807, 2.05) is 20.8 Å². The lowest BCUT2D eigenvalue weighted by atomic mass is 10.0. The van der Waals surface area contributed by atoms with Crippen molar-refractivity contribution in [2.24, 2.45) is 5.73 Å². The molecule has 0 bridgehead atoms. The van der Waals surface area contributed by atoms with Gasteiger partial charge in [-0.3, -0.25) is 4.79 Å². The molecule has 144 valence electrons. The van der Waals surface area contributed by atoms with Crippen molar-refractivity contribution >= 4 is 17.7 Å². The molecule has 1 aliphatic rings. The predicted octanol–water partition coefficient (Wildman–Crippen LogP) is 0.623. The van der Waals surface area contributed by atoms with Crippen molar-refractivity contribution in [3.8, 4) is 0 Å². The highest BCUT2D eigenvalue weighted by molar-refractivity contribution is 5.79. The highest BCUT2D eigenvalue weighted by Gasteiger charge is 2.27. The van der Waals surface area contributed by atoms with E-state index in [1.165, 1.54) is 0 Å². The van der Waals surface area contributed by atoms with E-state index in [4.69, 9.17) is 10.5 Å². The molecule has 2 atom stereocenters. The molecule has 2 amide bonds. The Kier molecular flexibility index (Phi) is 6.09. The second-order valence-corrected chi connectivity index (χ2v) is 7.34. The van der Waals surface area contributed by atoms with Crippen LogP contribution in [0.5, 0.6) is 0 Å². The topological polar surface area (TPSA) is 116 Å². The van der Waals surface area contributed by atoms with Crippen molar-refractivity contribution in [2.45, 2.75) is 38.6 Å². The molecule has 2 rings (SSSR count). The van der Waals surface area contributed by atoms with Gasteiger partial charge >= 0.3 is 6.09 Å². The van der Waals surface area contributed by atoms with E-state index in [1.54, 1.807) is 29.2 Å². The van der Waals surface area contributed by atoms with Gasteiger partial charge in [-0.15, -0.1) is 0 Å². The van der Waals surface area contributed by atoms with Gasteiger partial charge in [-0.2, -0.15) is 0 Å². The van der Waals surface area contributed by atoms with Crippen LogP contribution >= 0.6 is 0 Å². The number of nitrogens with zero attached hydrogens (tertiary/aromatic N) is 2. The Balaban J connectivity index is 1.93. The molecule has 26 heavy (non-hydrogen) atoms. The highest BCUT2D eigenvalue weighted by atomic mass is 16.6. The summed E-state index contributed by atoms with van der Waals surface area (Å²) in [5, 5.41) is 19.5. The number of benzene rings is 1. The Morgan fingerprint density at radius 2 is 1.62 bits per heavy atom. The monoisotopic (exact) mass is 365 g/mol. The average molecular weight is 365 g/mol. The maximum atomic E-state index is 12.1. The molecule has 0 radical (unpaired) electrons. The van der Waals surface area contributed by atoms with E-state index in [2.05, 4.69) is 4.90 Å². The summed E-state index contributed by atoms with van der Waals surface area (Å²) in [7, 11) is 0. The number of ether oxygens (including phenoxy) is 1. The summed E-state index contributed by atoms with van der Waals surface area (Å²) in [6, 6.07) is 6.89. The van der Waals surface area contributed by atoms with Crippen LogP contribution in [0.15, 0.2) is 24.3 Å². The zero-order valence-electron chi connectivity index (χ0n) is 15.4. The van der Waals surface area contributed by atoms with Gasteiger partial charge in [0.05, 0.1) is 0 Å². The third-order valence-electron chi connectivity index (χ3n) is 4.12. The largest absolute Gasteiger partial charge is 0.444 e. The van der Waals surface area contributed by atoms with Crippen molar-refractivity contribution in [2.75, 3.05) is 31.1 Å². The number of carbonyl (C=O) groups excluding carboxylic acids is 2. The summed E-state index contributed by atoms with van der Waals surface area (Å²) in [4.78, 5) is 26.9. The SMILES string of the molecule is CC(C)(C)OC(=O)N1CCN(c2ccc(C(O)C(O)C(N)=O)cc2)CC1. The van der Waals surface area contributed by atoms with Gasteiger partial charge in [-0.1, -0.05) is 12.1 Å². The van der Waals surface area contributed by atoms with E-state index >= 15 is 0 Å². The average Bonchev–Trinajstić information content (AvgIpc) is 2.59. The third-order valence-corrected chi connectivity index (χ3v) is 4.12. The zero-order chi connectivity index (χ0) is 19.5. The number of nitrogens with two attached hydrogens (primary N) is 1. The Labute approximate surface area is 153 Å². The lowest BCUT2D eigenvalue weighted by Crippen LogP contribution is -2.50. The van der Waals surface area contributed by atoms with Crippen LogP contribution in [-0.4, -0.2) is 65.0 Å². The number of carbonyl (C=O) groups is 2. The van der Waals surface area contributed by atoms with Crippen molar-refractivity contribution in [1.82, 2.24) is 4.90 Å². The van der Waals surface area contributed by atoms with E-state index < -0.39 is 23.7 Å². The van der Waals surface area contributed by atoms with Gasteiger partial charge in [0.15, 0.2) is 6.10 Å². The van der Waals surface area contributed by atoms with Crippen LogP contribution in [0.25, 0.3) is 0 Å². The fourth-order valence-electron chi connectivity index (χ4n) is 2.69. The van der Waals surface area contributed by atoms with Gasteiger partial charge in [0.1, 0.15) is 11.7 Å². The summed E-state index contributed by atoms with van der Waals surface area (Å²) < 4.78 is 5.38. The molecule has 1 aromatic rings. The van der Waals surface area contributed by atoms with Crippen molar-refractivity contribution in [1.29, 1.82) is 0 Å². The van der Waals surface area contributed by atoms with Gasteiger partial charge in [-0.25, -0.2) is 4.79 Å². The van der Waals surface area contributed by atoms with Crippen LogP contribution in [0, 0.1) is 0 Å². The van der Waals surface area contributed by atoms with E-state index in [-0.39, 0.29) is 6.09 Å². The Morgan fingerprint density at radius 1 is 1.08 bits per heavy atom. The number of anilines is 1. The van der Waals surface area contributed by atoms with Crippen LogP contribution in [0.3, 0.4) is 0 Å². The molecule has 8 heteroatoms. The number of hydrogen-bond acceptors (Lipinski definition) is 6. The second kappa shape index (κ2) is 7.92. The first kappa shape index (κ1) is 20.0. The standard InChI is InChI=1S/C18H27N3O5/c1-18(2,3)26-17(25)21-10-8-20(9-11-21)13-6-4-12(5-7-13)14(22)15(23)16(19)24/h4-7,14-15,22-23H,8-11H2,1-3H3,(H2,19,24).